The molecule has 0 aliphatic heterocycles. The maximum absolute atomic E-state index is 2.51. The van der Waals surface area contributed by atoms with Crippen molar-refractivity contribution in [3.05, 3.63) is 65.3 Å². The Hall–Kier alpha value is -1.56. The molecule has 1 aromatic rings. The molecule has 0 fully saturated rings. The maximum Gasteiger partial charge on any atom is 0.0113 e. The monoisotopic (exact) mass is 350 g/mol. The van der Waals surface area contributed by atoms with Gasteiger partial charge in [0.15, 0.2) is 0 Å². The van der Waals surface area contributed by atoms with Gasteiger partial charge < -0.3 is 0 Å². The van der Waals surface area contributed by atoms with Crippen LogP contribution in [0.5, 0.6) is 0 Å². The van der Waals surface area contributed by atoms with Gasteiger partial charge in [-0.2, -0.15) is 0 Å². The Kier molecular flexibility index (Phi) is 6.72. The first-order valence-corrected chi connectivity index (χ1v) is 10.5. The highest BCUT2D eigenvalue weighted by molar-refractivity contribution is 5.75. The van der Waals surface area contributed by atoms with Gasteiger partial charge in [0.2, 0.25) is 0 Å². The molecule has 0 saturated heterocycles. The van der Waals surface area contributed by atoms with Crippen LogP contribution >= 0.6 is 0 Å². The lowest BCUT2D eigenvalue weighted by atomic mass is 9.58. The SMILES string of the molecule is C/C=C/C(CC)c1ccc(C2=CC[C@](C)(CC)/C(=C\CC)C2(C)C)cc1. The van der Waals surface area contributed by atoms with E-state index in [1.165, 1.54) is 23.1 Å². The molecule has 2 atom stereocenters. The second-order valence-electron chi connectivity index (χ2n) is 8.55. The molecule has 1 aromatic carbocycles. The van der Waals surface area contributed by atoms with Crippen LogP contribution in [0, 0.1) is 10.8 Å². The molecule has 1 unspecified atom stereocenters. The second kappa shape index (κ2) is 8.42. The Balaban J connectivity index is 2.43. The summed E-state index contributed by atoms with van der Waals surface area (Å²) in [5.41, 5.74) is 6.31. The Bertz CT molecular complexity index is 681. The van der Waals surface area contributed by atoms with Crippen LogP contribution in [-0.4, -0.2) is 0 Å². The fourth-order valence-corrected chi connectivity index (χ4v) is 4.74. The third-order valence-corrected chi connectivity index (χ3v) is 6.46. The van der Waals surface area contributed by atoms with Crippen molar-refractivity contribution in [3.8, 4) is 0 Å². The van der Waals surface area contributed by atoms with Gasteiger partial charge in [0.1, 0.15) is 0 Å². The minimum Gasteiger partial charge on any atom is -0.0910 e. The van der Waals surface area contributed by atoms with E-state index in [0.29, 0.717) is 11.3 Å². The van der Waals surface area contributed by atoms with Crippen molar-refractivity contribution in [1.82, 2.24) is 0 Å². The molecule has 142 valence electrons. The van der Waals surface area contributed by atoms with Crippen LogP contribution in [0.3, 0.4) is 0 Å². The van der Waals surface area contributed by atoms with Crippen LogP contribution in [-0.2, 0) is 0 Å². The number of hydrogen-bond acceptors (Lipinski definition) is 0. The van der Waals surface area contributed by atoms with Gasteiger partial charge in [-0.3, -0.25) is 0 Å². The molecular formula is C26H38. The summed E-state index contributed by atoms with van der Waals surface area (Å²) in [4.78, 5) is 0. The summed E-state index contributed by atoms with van der Waals surface area (Å²) in [5.74, 6) is 0.529. The standard InChI is InChI=1S/C26H38/c1-8-12-20(10-3)21-14-16-22(17-15-21)23-18-19-26(7,11-4)24(13-9-2)25(23,5)6/h8,12-18,20H,9-11,19H2,1-7H3/b12-8+,24-13-/t20?,26-/m0/s1. The van der Waals surface area contributed by atoms with E-state index in [2.05, 4.69) is 97.0 Å². The van der Waals surface area contributed by atoms with Crippen molar-refractivity contribution in [2.75, 3.05) is 0 Å². The topological polar surface area (TPSA) is 0 Å². The van der Waals surface area contributed by atoms with E-state index < -0.39 is 0 Å². The zero-order chi connectivity index (χ0) is 19.4. The van der Waals surface area contributed by atoms with Crippen molar-refractivity contribution in [3.63, 3.8) is 0 Å². The fraction of sp³-hybridized carbons (Fsp3) is 0.538. The number of allylic oxidation sites excluding steroid dienone is 6. The summed E-state index contributed by atoms with van der Waals surface area (Å²) >= 11 is 0. The van der Waals surface area contributed by atoms with E-state index >= 15 is 0 Å². The van der Waals surface area contributed by atoms with Crippen LogP contribution in [0.15, 0.2) is 54.1 Å². The largest absolute Gasteiger partial charge is 0.0910 e. The number of rotatable bonds is 6. The molecule has 0 N–H and O–H groups in total. The summed E-state index contributed by atoms with van der Waals surface area (Å²) in [6.07, 6.45) is 14.1. The van der Waals surface area contributed by atoms with Gasteiger partial charge in [0.05, 0.1) is 0 Å². The van der Waals surface area contributed by atoms with Crippen LogP contribution < -0.4 is 0 Å². The average molecular weight is 351 g/mol. The molecule has 2 rings (SSSR count). The Morgan fingerprint density at radius 2 is 1.69 bits per heavy atom. The van der Waals surface area contributed by atoms with E-state index in [9.17, 15) is 0 Å². The molecule has 0 saturated carbocycles. The molecule has 0 spiro atoms. The smallest absolute Gasteiger partial charge is 0.0113 e. The highest BCUT2D eigenvalue weighted by Gasteiger charge is 2.41. The lowest BCUT2D eigenvalue weighted by Crippen LogP contribution is -2.33. The molecule has 0 amide bonds. The second-order valence-corrected chi connectivity index (χ2v) is 8.55. The minimum absolute atomic E-state index is 0.0913. The predicted molar refractivity (Wildman–Crippen MR) is 117 cm³/mol. The third kappa shape index (κ3) is 3.90. The molecule has 0 bridgehead atoms. The lowest BCUT2D eigenvalue weighted by molar-refractivity contribution is 0.310. The van der Waals surface area contributed by atoms with Gasteiger partial charge in [-0.05, 0) is 54.7 Å². The molecule has 1 aliphatic rings. The molecule has 0 heteroatoms. The summed E-state index contributed by atoms with van der Waals surface area (Å²) in [6, 6.07) is 9.34. The van der Waals surface area contributed by atoms with Crippen molar-refractivity contribution in [2.24, 2.45) is 10.8 Å². The zero-order valence-electron chi connectivity index (χ0n) is 18.0. The number of hydrogen-bond donors (Lipinski definition) is 0. The van der Waals surface area contributed by atoms with Crippen LogP contribution in [0.2, 0.25) is 0 Å². The third-order valence-electron chi connectivity index (χ3n) is 6.46. The molecule has 0 nitrogen and oxygen atoms in total. The van der Waals surface area contributed by atoms with Crippen molar-refractivity contribution >= 4 is 5.57 Å². The summed E-state index contributed by atoms with van der Waals surface area (Å²) in [6.45, 7) is 16.2. The first kappa shape index (κ1) is 20.7. The summed E-state index contributed by atoms with van der Waals surface area (Å²) < 4.78 is 0. The first-order valence-electron chi connectivity index (χ1n) is 10.5. The molecule has 0 radical (unpaired) electrons. The Morgan fingerprint density at radius 1 is 1.04 bits per heavy atom. The molecule has 0 aromatic heterocycles. The molecule has 0 heterocycles. The highest BCUT2D eigenvalue weighted by atomic mass is 14.5. The van der Waals surface area contributed by atoms with E-state index in [4.69, 9.17) is 0 Å². The van der Waals surface area contributed by atoms with Crippen LogP contribution in [0.4, 0.5) is 0 Å². The van der Waals surface area contributed by atoms with Crippen molar-refractivity contribution in [2.45, 2.75) is 80.1 Å². The van der Waals surface area contributed by atoms with E-state index in [1.54, 1.807) is 5.57 Å². The van der Waals surface area contributed by atoms with E-state index in [1.807, 2.05) is 0 Å². The maximum atomic E-state index is 2.51. The predicted octanol–water partition coefficient (Wildman–Crippen LogP) is 8.32. The average Bonchev–Trinajstić information content (AvgIpc) is 2.63. The number of benzene rings is 1. The van der Waals surface area contributed by atoms with Gasteiger partial charge >= 0.3 is 0 Å². The van der Waals surface area contributed by atoms with Gasteiger partial charge in [0, 0.05) is 11.3 Å². The van der Waals surface area contributed by atoms with E-state index in [-0.39, 0.29) is 5.41 Å². The van der Waals surface area contributed by atoms with Crippen molar-refractivity contribution < 1.29 is 0 Å². The minimum atomic E-state index is 0.0913. The molecule has 1 aliphatic carbocycles. The van der Waals surface area contributed by atoms with Gasteiger partial charge in [-0.1, -0.05) is 95.7 Å². The van der Waals surface area contributed by atoms with Gasteiger partial charge in [-0.25, -0.2) is 0 Å². The fourth-order valence-electron chi connectivity index (χ4n) is 4.74. The molecule has 26 heavy (non-hydrogen) atoms. The Morgan fingerprint density at radius 3 is 2.19 bits per heavy atom. The van der Waals surface area contributed by atoms with Crippen molar-refractivity contribution in [1.29, 1.82) is 0 Å². The lowest BCUT2D eigenvalue weighted by Gasteiger charge is -2.46. The van der Waals surface area contributed by atoms with Crippen LogP contribution in [0.1, 0.15) is 91.2 Å². The molecular weight excluding hydrogens is 312 g/mol. The highest BCUT2D eigenvalue weighted by Crippen LogP contribution is 2.55. The van der Waals surface area contributed by atoms with Gasteiger partial charge in [-0.15, -0.1) is 0 Å². The normalized spacial score (nSPS) is 25.5. The Labute approximate surface area is 162 Å². The zero-order valence-corrected chi connectivity index (χ0v) is 18.0. The quantitative estimate of drug-likeness (QED) is 0.452. The summed E-state index contributed by atoms with van der Waals surface area (Å²) in [7, 11) is 0. The first-order chi connectivity index (χ1) is 12.3. The van der Waals surface area contributed by atoms with Gasteiger partial charge in [0.25, 0.3) is 0 Å². The van der Waals surface area contributed by atoms with Crippen LogP contribution in [0.25, 0.3) is 5.57 Å². The van der Waals surface area contributed by atoms with E-state index in [0.717, 1.165) is 19.3 Å². The summed E-state index contributed by atoms with van der Waals surface area (Å²) in [5, 5.41) is 0.